The number of thiazole rings is 1. The standard InChI is InChI=1S/C24H35N7S/c1-3-17(2)7-10-26-8-4-9-27-14-18-5-6-19(13-18)31-15-20(24-28-11-12-32-24)21-22(25)29-16-30-23(21)31/h3,11-12,15-16,18-19,26-27H,4-10,13-14H2,1-2H3,(H2,25,29,30)/b17-3+. The predicted molar refractivity (Wildman–Crippen MR) is 134 cm³/mol. The summed E-state index contributed by atoms with van der Waals surface area (Å²) in [7, 11) is 0. The fraction of sp³-hybridized carbons (Fsp3) is 0.542. The largest absolute Gasteiger partial charge is 0.383 e. The summed E-state index contributed by atoms with van der Waals surface area (Å²) in [5.74, 6) is 1.23. The van der Waals surface area contributed by atoms with Gasteiger partial charge >= 0.3 is 0 Å². The van der Waals surface area contributed by atoms with Crippen LogP contribution in [0, 0.1) is 5.92 Å². The number of aromatic nitrogens is 4. The van der Waals surface area contributed by atoms with Gasteiger partial charge in [-0.25, -0.2) is 15.0 Å². The summed E-state index contributed by atoms with van der Waals surface area (Å²) in [6.07, 6.45) is 13.7. The van der Waals surface area contributed by atoms with Gasteiger partial charge in [0, 0.05) is 29.4 Å². The molecule has 172 valence electrons. The first-order chi connectivity index (χ1) is 15.7. The number of hydrogen-bond donors (Lipinski definition) is 3. The fourth-order valence-electron chi connectivity index (χ4n) is 4.59. The second-order valence-corrected chi connectivity index (χ2v) is 9.66. The van der Waals surface area contributed by atoms with E-state index in [2.05, 4.69) is 56.3 Å². The minimum absolute atomic E-state index is 0.448. The smallest absolute Gasteiger partial charge is 0.146 e. The maximum Gasteiger partial charge on any atom is 0.146 e. The summed E-state index contributed by atoms with van der Waals surface area (Å²) in [6.45, 7) is 8.60. The third kappa shape index (κ3) is 5.36. The Morgan fingerprint density at radius 3 is 2.91 bits per heavy atom. The molecule has 2 atom stereocenters. The summed E-state index contributed by atoms with van der Waals surface area (Å²) in [5, 5.41) is 11.1. The minimum atomic E-state index is 0.448. The first-order valence-electron chi connectivity index (χ1n) is 11.7. The molecule has 4 rings (SSSR count). The van der Waals surface area contributed by atoms with E-state index < -0.39 is 0 Å². The number of rotatable bonds is 11. The lowest BCUT2D eigenvalue weighted by atomic mass is 10.1. The van der Waals surface area contributed by atoms with Crippen LogP contribution in [-0.2, 0) is 0 Å². The average molecular weight is 454 g/mol. The molecule has 0 bridgehead atoms. The highest BCUT2D eigenvalue weighted by Crippen LogP contribution is 2.40. The van der Waals surface area contributed by atoms with Crippen LogP contribution >= 0.6 is 11.3 Å². The van der Waals surface area contributed by atoms with Gasteiger partial charge in [0.1, 0.15) is 22.8 Å². The number of anilines is 1. The predicted octanol–water partition coefficient (Wildman–Crippen LogP) is 4.40. The van der Waals surface area contributed by atoms with Gasteiger partial charge in [0.05, 0.1) is 5.39 Å². The Morgan fingerprint density at radius 1 is 1.22 bits per heavy atom. The van der Waals surface area contributed by atoms with Crippen LogP contribution in [0.25, 0.3) is 21.6 Å². The molecule has 0 spiro atoms. The lowest BCUT2D eigenvalue weighted by molar-refractivity contribution is 0.452. The van der Waals surface area contributed by atoms with Gasteiger partial charge in [-0.15, -0.1) is 11.3 Å². The number of nitrogens with one attached hydrogen (secondary N) is 2. The van der Waals surface area contributed by atoms with Gasteiger partial charge in [-0.1, -0.05) is 11.6 Å². The van der Waals surface area contributed by atoms with E-state index in [1.165, 1.54) is 31.3 Å². The van der Waals surface area contributed by atoms with Gasteiger partial charge in [-0.3, -0.25) is 0 Å². The van der Waals surface area contributed by atoms with Crippen LogP contribution in [0.4, 0.5) is 5.82 Å². The third-order valence-corrected chi connectivity index (χ3v) is 7.34. The van der Waals surface area contributed by atoms with Crippen molar-refractivity contribution in [3.05, 3.63) is 35.8 Å². The molecule has 3 heterocycles. The Morgan fingerprint density at radius 2 is 2.09 bits per heavy atom. The van der Waals surface area contributed by atoms with Crippen LogP contribution in [0.15, 0.2) is 35.8 Å². The molecule has 0 saturated heterocycles. The molecule has 0 aliphatic heterocycles. The van der Waals surface area contributed by atoms with Crippen molar-refractivity contribution in [3.8, 4) is 10.6 Å². The Kier molecular flexibility index (Phi) is 7.89. The van der Waals surface area contributed by atoms with E-state index in [0.29, 0.717) is 17.8 Å². The highest BCUT2D eigenvalue weighted by molar-refractivity contribution is 7.13. The van der Waals surface area contributed by atoms with Gasteiger partial charge in [0.15, 0.2) is 0 Å². The number of nitrogen functional groups attached to an aromatic ring is 1. The third-order valence-electron chi connectivity index (χ3n) is 6.54. The van der Waals surface area contributed by atoms with Crippen LogP contribution < -0.4 is 16.4 Å². The molecule has 0 amide bonds. The average Bonchev–Trinajstić information content (AvgIpc) is 3.55. The first kappa shape index (κ1) is 22.9. The number of nitrogens with two attached hydrogens (primary N) is 1. The molecular weight excluding hydrogens is 418 g/mol. The van der Waals surface area contributed by atoms with Gasteiger partial charge in [-0.2, -0.15) is 0 Å². The molecule has 3 aromatic rings. The van der Waals surface area contributed by atoms with Crippen molar-refractivity contribution < 1.29 is 0 Å². The monoisotopic (exact) mass is 453 g/mol. The van der Waals surface area contributed by atoms with Gasteiger partial charge in [-0.05, 0) is 78.0 Å². The molecule has 1 aliphatic rings. The van der Waals surface area contributed by atoms with E-state index in [4.69, 9.17) is 5.73 Å². The van der Waals surface area contributed by atoms with Crippen molar-refractivity contribution in [2.24, 2.45) is 5.92 Å². The molecule has 3 aromatic heterocycles. The zero-order valence-corrected chi connectivity index (χ0v) is 20.0. The molecule has 2 unspecified atom stereocenters. The fourth-order valence-corrected chi connectivity index (χ4v) is 5.25. The molecule has 0 radical (unpaired) electrons. The van der Waals surface area contributed by atoms with Crippen LogP contribution in [-0.4, -0.2) is 45.7 Å². The van der Waals surface area contributed by atoms with Crippen molar-refractivity contribution in [3.63, 3.8) is 0 Å². The zero-order valence-electron chi connectivity index (χ0n) is 19.2. The lowest BCUT2D eigenvalue weighted by Gasteiger charge is -2.15. The first-order valence-corrected chi connectivity index (χ1v) is 12.6. The highest BCUT2D eigenvalue weighted by atomic mass is 32.1. The van der Waals surface area contributed by atoms with E-state index >= 15 is 0 Å². The molecule has 0 aromatic carbocycles. The van der Waals surface area contributed by atoms with E-state index in [9.17, 15) is 0 Å². The second-order valence-electron chi connectivity index (χ2n) is 8.77. The van der Waals surface area contributed by atoms with Crippen LogP contribution in [0.5, 0.6) is 0 Å². The molecule has 8 heteroatoms. The molecule has 32 heavy (non-hydrogen) atoms. The number of allylic oxidation sites excluding steroid dienone is 1. The van der Waals surface area contributed by atoms with Crippen molar-refractivity contribution in [2.45, 2.75) is 52.0 Å². The Hall–Kier alpha value is -2.29. The molecule has 1 aliphatic carbocycles. The Balaban J connectivity index is 1.28. The van der Waals surface area contributed by atoms with Crippen molar-refractivity contribution in [2.75, 3.05) is 31.9 Å². The van der Waals surface area contributed by atoms with Crippen LogP contribution in [0.2, 0.25) is 0 Å². The SMILES string of the molecule is C/C=C(\C)CCNCCCNCC1CCC(n2cc(-c3nccs3)c3c(N)ncnc32)C1. The summed E-state index contributed by atoms with van der Waals surface area (Å²) in [6, 6.07) is 0.448. The number of nitrogens with zero attached hydrogens (tertiary/aromatic N) is 4. The minimum Gasteiger partial charge on any atom is -0.383 e. The van der Waals surface area contributed by atoms with Crippen molar-refractivity contribution in [1.29, 1.82) is 0 Å². The maximum absolute atomic E-state index is 6.24. The van der Waals surface area contributed by atoms with Gasteiger partial charge < -0.3 is 20.9 Å². The van der Waals surface area contributed by atoms with Gasteiger partial charge in [0.2, 0.25) is 0 Å². The molecule has 1 saturated carbocycles. The topological polar surface area (TPSA) is 93.7 Å². The molecule has 1 fully saturated rings. The maximum atomic E-state index is 6.24. The molecular formula is C24H35N7S. The summed E-state index contributed by atoms with van der Waals surface area (Å²) >= 11 is 1.63. The van der Waals surface area contributed by atoms with E-state index in [1.807, 2.05) is 11.6 Å². The van der Waals surface area contributed by atoms with Crippen LogP contribution in [0.1, 0.15) is 52.0 Å². The quantitative estimate of drug-likeness (QED) is 0.294. The van der Waals surface area contributed by atoms with E-state index in [-0.39, 0.29) is 0 Å². The molecule has 7 nitrogen and oxygen atoms in total. The number of hydrogen-bond acceptors (Lipinski definition) is 7. The normalized spacial score (nSPS) is 19.2. The number of fused-ring (bicyclic) bond motifs is 1. The summed E-state index contributed by atoms with van der Waals surface area (Å²) < 4.78 is 2.32. The van der Waals surface area contributed by atoms with Crippen molar-refractivity contribution in [1.82, 2.24) is 30.2 Å². The summed E-state index contributed by atoms with van der Waals surface area (Å²) in [5.41, 5.74) is 9.68. The zero-order chi connectivity index (χ0) is 22.3. The lowest BCUT2D eigenvalue weighted by Crippen LogP contribution is -2.26. The Labute approximate surface area is 194 Å². The van der Waals surface area contributed by atoms with E-state index in [1.54, 1.807) is 17.7 Å². The van der Waals surface area contributed by atoms with E-state index in [0.717, 1.165) is 54.2 Å². The highest BCUT2D eigenvalue weighted by Gasteiger charge is 2.28. The second kappa shape index (κ2) is 11.0. The van der Waals surface area contributed by atoms with Crippen molar-refractivity contribution >= 4 is 28.2 Å². The van der Waals surface area contributed by atoms with Crippen LogP contribution in [0.3, 0.4) is 0 Å². The molecule has 4 N–H and O–H groups in total. The Bertz CT molecular complexity index is 1020. The summed E-state index contributed by atoms with van der Waals surface area (Å²) in [4.78, 5) is 13.3. The van der Waals surface area contributed by atoms with Gasteiger partial charge in [0.25, 0.3) is 0 Å².